The van der Waals surface area contributed by atoms with Crippen LogP contribution >= 0.6 is 7.60 Å². The van der Waals surface area contributed by atoms with Gasteiger partial charge in [-0.3, -0.25) is 9.36 Å². The van der Waals surface area contributed by atoms with Crippen LogP contribution < -0.4 is 0 Å². The minimum Gasteiger partial charge on any atom is -0.507 e. The summed E-state index contributed by atoms with van der Waals surface area (Å²) in [5, 5.41) is 10.2. The first-order chi connectivity index (χ1) is 15.6. The minimum absolute atomic E-state index is 0.00308. The number of hydrogen-bond donors (Lipinski definition) is 1. The van der Waals surface area contributed by atoms with E-state index < -0.39 is 12.8 Å². The van der Waals surface area contributed by atoms with Crippen LogP contribution in [0.15, 0.2) is 12.1 Å². The first-order valence-electron chi connectivity index (χ1n) is 12.5. The molecular formula is C28H45O5P. The summed E-state index contributed by atoms with van der Waals surface area (Å²) in [5.74, 6) is 0.367. The molecule has 0 bridgehead atoms. The summed E-state index contributed by atoms with van der Waals surface area (Å²) in [6.07, 6.45) is 6.99. The number of carbonyl (C=O) groups is 1. The topological polar surface area (TPSA) is 72.8 Å². The van der Waals surface area contributed by atoms with Gasteiger partial charge in [0.15, 0.2) is 5.78 Å². The third-order valence-electron chi connectivity index (χ3n) is 7.65. The molecule has 0 fully saturated rings. The number of carbonyl (C=O) groups excluding carboxylic acids is 1. The molecule has 2 rings (SSSR count). The van der Waals surface area contributed by atoms with Gasteiger partial charge in [0, 0.05) is 25.3 Å². The molecule has 5 nitrogen and oxygen atoms in total. The highest BCUT2D eigenvalue weighted by Crippen LogP contribution is 2.62. The molecule has 192 valence electrons. The van der Waals surface area contributed by atoms with Gasteiger partial charge < -0.3 is 14.2 Å². The van der Waals surface area contributed by atoms with Gasteiger partial charge >= 0.3 is 7.60 Å². The van der Waals surface area contributed by atoms with E-state index >= 15 is 0 Å². The molecule has 1 N–H and O–H groups in total. The monoisotopic (exact) mass is 492 g/mol. The molecule has 1 atom stereocenters. The zero-order valence-electron chi connectivity index (χ0n) is 22.9. The number of benzene rings is 1. The number of phenolic OH excluding ortho intramolecular Hbond substituents is 1. The Morgan fingerprint density at radius 1 is 1.12 bits per heavy atom. The molecule has 0 spiro atoms. The quantitative estimate of drug-likeness (QED) is 0.296. The van der Waals surface area contributed by atoms with E-state index in [9.17, 15) is 14.5 Å². The SMILES string of the molecule is CCC(CC)(C(=O)/C=C/c1cc(C(C)(C)C)c(O)c2c1CCCC2C(C)(C)C)P(=O)(OC)OC. The standard InChI is InChI=1S/C28H45O5P/c1-11-28(12-2,34(31,32-9)33-10)23(29)17-16-19-18-22(27(6,7)8)25(30)24-20(19)14-13-15-21(24)26(3,4)5/h16-18,21,30H,11-15H2,1-10H3/b17-16+. The summed E-state index contributed by atoms with van der Waals surface area (Å²) in [6.45, 7) is 16.6. The van der Waals surface area contributed by atoms with Gasteiger partial charge in [0.05, 0.1) is 0 Å². The van der Waals surface area contributed by atoms with Crippen LogP contribution in [0.1, 0.15) is 109 Å². The van der Waals surface area contributed by atoms with E-state index in [0.29, 0.717) is 18.6 Å². The smallest absolute Gasteiger partial charge is 0.343 e. The van der Waals surface area contributed by atoms with Crippen molar-refractivity contribution < 1.29 is 23.5 Å². The Balaban J connectivity index is 2.73. The summed E-state index contributed by atoms with van der Waals surface area (Å²) in [7, 11) is -0.973. The van der Waals surface area contributed by atoms with E-state index in [2.05, 4.69) is 41.5 Å². The van der Waals surface area contributed by atoms with Gasteiger partial charge in [-0.05, 0) is 72.1 Å². The Hall–Kier alpha value is -1.42. The van der Waals surface area contributed by atoms with E-state index in [0.717, 1.165) is 41.5 Å². The highest BCUT2D eigenvalue weighted by molar-refractivity contribution is 7.56. The fourth-order valence-electron chi connectivity index (χ4n) is 5.49. The number of hydrogen-bond acceptors (Lipinski definition) is 5. The van der Waals surface area contributed by atoms with Gasteiger partial charge in [0.2, 0.25) is 0 Å². The molecule has 34 heavy (non-hydrogen) atoms. The number of aromatic hydroxyl groups is 1. The first kappa shape index (κ1) is 28.8. The van der Waals surface area contributed by atoms with Crippen LogP contribution in [0, 0.1) is 5.41 Å². The second-order valence-electron chi connectivity index (χ2n) is 11.6. The first-order valence-corrected chi connectivity index (χ1v) is 14.0. The van der Waals surface area contributed by atoms with Crippen molar-refractivity contribution in [1.82, 2.24) is 0 Å². The fraction of sp³-hybridized carbons (Fsp3) is 0.679. The third kappa shape index (κ3) is 5.08. The largest absolute Gasteiger partial charge is 0.507 e. The van der Waals surface area contributed by atoms with E-state index in [-0.39, 0.29) is 22.5 Å². The third-order valence-corrected chi connectivity index (χ3v) is 10.5. The van der Waals surface area contributed by atoms with Crippen LogP contribution in [0.5, 0.6) is 5.75 Å². The Morgan fingerprint density at radius 2 is 1.68 bits per heavy atom. The highest BCUT2D eigenvalue weighted by Gasteiger charge is 2.52. The summed E-state index contributed by atoms with van der Waals surface area (Å²) in [5.41, 5.74) is 3.71. The molecule has 0 aromatic heterocycles. The summed E-state index contributed by atoms with van der Waals surface area (Å²) >= 11 is 0. The maximum atomic E-state index is 13.5. The van der Waals surface area contributed by atoms with Crippen LogP contribution in [-0.4, -0.2) is 30.3 Å². The van der Waals surface area contributed by atoms with Crippen molar-refractivity contribution >= 4 is 19.5 Å². The van der Waals surface area contributed by atoms with Crippen LogP contribution in [0.25, 0.3) is 6.08 Å². The lowest BCUT2D eigenvalue weighted by Crippen LogP contribution is -2.37. The van der Waals surface area contributed by atoms with E-state index in [1.54, 1.807) is 0 Å². The maximum absolute atomic E-state index is 13.5. The molecular weight excluding hydrogens is 447 g/mol. The number of ketones is 1. The van der Waals surface area contributed by atoms with Crippen LogP contribution in [0.3, 0.4) is 0 Å². The lowest BCUT2D eigenvalue weighted by Gasteiger charge is -2.38. The summed E-state index contributed by atoms with van der Waals surface area (Å²) in [4.78, 5) is 13.5. The molecule has 6 heteroatoms. The molecule has 0 aliphatic heterocycles. The number of rotatable bonds is 8. The zero-order chi connectivity index (χ0) is 26.1. The molecule has 0 saturated heterocycles. The number of phenols is 1. The van der Waals surface area contributed by atoms with Crippen molar-refractivity contribution in [2.75, 3.05) is 14.2 Å². The Labute approximate surface area is 206 Å². The summed E-state index contributed by atoms with van der Waals surface area (Å²) < 4.78 is 23.9. The van der Waals surface area contributed by atoms with E-state index in [1.165, 1.54) is 20.3 Å². The average molecular weight is 493 g/mol. The second-order valence-corrected chi connectivity index (χ2v) is 14.2. The van der Waals surface area contributed by atoms with Crippen molar-refractivity contribution in [1.29, 1.82) is 0 Å². The van der Waals surface area contributed by atoms with Gasteiger partial charge in [-0.15, -0.1) is 0 Å². The van der Waals surface area contributed by atoms with Gasteiger partial charge in [0.25, 0.3) is 0 Å². The Morgan fingerprint density at radius 3 is 2.12 bits per heavy atom. The number of allylic oxidation sites excluding steroid dienone is 1. The van der Waals surface area contributed by atoms with Crippen LogP contribution in [0.4, 0.5) is 0 Å². The lowest BCUT2D eigenvalue weighted by molar-refractivity contribution is -0.117. The molecule has 0 saturated carbocycles. The van der Waals surface area contributed by atoms with E-state index in [4.69, 9.17) is 9.05 Å². The van der Waals surface area contributed by atoms with Crippen molar-refractivity contribution in [2.45, 2.75) is 104 Å². The molecule has 1 aliphatic rings. The van der Waals surface area contributed by atoms with Crippen LogP contribution in [0.2, 0.25) is 0 Å². The molecule has 1 aromatic rings. The molecule has 0 radical (unpaired) electrons. The predicted octanol–water partition coefficient (Wildman–Crippen LogP) is 7.78. The minimum atomic E-state index is -3.64. The van der Waals surface area contributed by atoms with E-state index in [1.807, 2.05) is 26.0 Å². The average Bonchev–Trinajstić information content (AvgIpc) is 2.77. The zero-order valence-corrected chi connectivity index (χ0v) is 23.8. The fourth-order valence-corrected chi connectivity index (χ4v) is 7.46. The molecule has 1 aromatic carbocycles. The van der Waals surface area contributed by atoms with Crippen molar-refractivity contribution in [2.24, 2.45) is 5.41 Å². The Kier molecular flexibility index (Phi) is 8.72. The molecule has 1 aliphatic carbocycles. The van der Waals surface area contributed by atoms with Crippen molar-refractivity contribution in [3.05, 3.63) is 34.4 Å². The molecule has 1 unspecified atom stereocenters. The van der Waals surface area contributed by atoms with Crippen molar-refractivity contribution in [3.8, 4) is 5.75 Å². The second kappa shape index (κ2) is 10.3. The molecule has 0 amide bonds. The van der Waals surface area contributed by atoms with Gasteiger partial charge in [0.1, 0.15) is 10.9 Å². The normalized spacial score (nSPS) is 17.8. The van der Waals surface area contributed by atoms with Gasteiger partial charge in [-0.25, -0.2) is 0 Å². The predicted molar refractivity (Wildman–Crippen MR) is 141 cm³/mol. The maximum Gasteiger partial charge on any atom is 0.343 e. The lowest BCUT2D eigenvalue weighted by atomic mass is 9.66. The summed E-state index contributed by atoms with van der Waals surface area (Å²) in [6, 6.07) is 2.02. The number of fused-ring (bicyclic) bond motifs is 1. The highest BCUT2D eigenvalue weighted by atomic mass is 31.2. The van der Waals surface area contributed by atoms with Crippen LogP contribution in [-0.2, 0) is 30.2 Å². The molecule has 0 heterocycles. The Bertz CT molecular complexity index is 966. The van der Waals surface area contributed by atoms with Gasteiger partial charge in [-0.2, -0.15) is 0 Å². The van der Waals surface area contributed by atoms with Gasteiger partial charge in [-0.1, -0.05) is 61.5 Å². The van der Waals surface area contributed by atoms with Crippen molar-refractivity contribution in [3.63, 3.8) is 0 Å².